The number of furan rings is 1. The third-order valence-electron chi connectivity index (χ3n) is 18.4. The molecule has 1 aromatic heterocycles. The summed E-state index contributed by atoms with van der Waals surface area (Å²) in [6.45, 7) is 26.3. The summed E-state index contributed by atoms with van der Waals surface area (Å²) >= 11 is 0. The molecule has 4 aliphatic rings. The van der Waals surface area contributed by atoms with Gasteiger partial charge in [-0.25, -0.2) is 0 Å². The van der Waals surface area contributed by atoms with E-state index in [9.17, 15) is 0 Å². The van der Waals surface area contributed by atoms with Crippen LogP contribution in [0, 0.1) is 19.8 Å². The van der Waals surface area contributed by atoms with Crippen molar-refractivity contribution in [3.8, 4) is 55.6 Å². The second-order valence-electron chi connectivity index (χ2n) is 25.1. The third-order valence-corrected chi connectivity index (χ3v) is 18.4. The average Bonchev–Trinajstić information content (AvgIpc) is 2.29. The molecule has 1 N–H and O–H groups in total. The van der Waals surface area contributed by atoms with Crippen LogP contribution in [0.2, 0.25) is 0 Å². The van der Waals surface area contributed by atoms with E-state index in [1.165, 1.54) is 144 Å². The number of aryl methyl sites for hydroxylation is 3. The van der Waals surface area contributed by atoms with Crippen LogP contribution in [-0.4, -0.2) is 11.7 Å². The Morgan fingerprint density at radius 2 is 0.904 bits per heavy atom. The van der Waals surface area contributed by atoms with Crippen molar-refractivity contribution < 1.29 is 9.52 Å². The lowest BCUT2D eigenvalue weighted by Crippen LogP contribution is -2.15. The number of hydrogen-bond acceptors (Lipinski definition) is 2. The lowest BCUT2D eigenvalue weighted by Gasteiger charge is -2.22. The fourth-order valence-corrected chi connectivity index (χ4v) is 13.5. The highest BCUT2D eigenvalue weighted by molar-refractivity contribution is 6.06. The van der Waals surface area contributed by atoms with E-state index in [1.54, 1.807) is 0 Å². The molecule has 11 aromatic rings. The van der Waals surface area contributed by atoms with Crippen LogP contribution in [0.1, 0.15) is 117 Å². The molecule has 2 nitrogen and oxygen atoms in total. The Morgan fingerprint density at radius 3 is 1.46 bits per heavy atom. The molecule has 10 aromatic carbocycles. The molecule has 412 valence electrons. The summed E-state index contributed by atoms with van der Waals surface area (Å²) in [6, 6.07) is 71.8. The summed E-state index contributed by atoms with van der Waals surface area (Å²) in [5, 5.41) is 12.7. The van der Waals surface area contributed by atoms with Crippen molar-refractivity contribution in [2.45, 2.75) is 98.3 Å². The highest BCUT2D eigenvalue weighted by Crippen LogP contribution is 2.53. The molecule has 0 amide bonds. The largest absolute Gasteiger partial charge is 0.456 e. The van der Waals surface area contributed by atoms with E-state index in [0.29, 0.717) is 5.92 Å². The summed E-state index contributed by atoms with van der Waals surface area (Å²) in [5.41, 5.74) is 30.9. The maximum absolute atomic E-state index is 7.76. The van der Waals surface area contributed by atoms with Crippen LogP contribution in [0.5, 0.6) is 0 Å². The minimum Gasteiger partial charge on any atom is -0.456 e. The molecule has 2 heteroatoms. The monoisotopic (exact) mass is 1080 g/mol. The Bertz CT molecular complexity index is 4410. The van der Waals surface area contributed by atoms with Crippen molar-refractivity contribution in [3.05, 3.63) is 281 Å². The zero-order valence-electron chi connectivity index (χ0n) is 50.0. The Hall–Kier alpha value is -8.56. The van der Waals surface area contributed by atoms with Gasteiger partial charge in [-0.15, -0.1) is 6.58 Å². The van der Waals surface area contributed by atoms with Gasteiger partial charge in [0.15, 0.2) is 0 Å². The summed E-state index contributed by atoms with van der Waals surface area (Å²) < 4.78 is 6.00. The highest BCUT2D eigenvalue weighted by atomic mass is 16.3. The molecular weight excluding hydrogens is 1000 g/mol. The van der Waals surface area contributed by atoms with Gasteiger partial charge in [-0.05, 0) is 192 Å². The number of para-hydroxylation sites is 1. The smallest absolute Gasteiger partial charge is 0.135 e. The fraction of sp³-hybridized carbons (Fsp3) is 0.210. The van der Waals surface area contributed by atoms with E-state index >= 15 is 0 Å². The maximum Gasteiger partial charge on any atom is 0.135 e. The standard InChI is InChI=1S/C28H22O.C27H24.C23H24.C3H6O/c1-17-8-11-20-21-12-9-19(16-25(21)28(2,3)24(20)14-17)18-10-13-27-23(15-18)22-6-4-5-7-26(22)29-27;1-4-18-9-13-23-24-14-12-22(17-26(24)27(2,3)25(23)15-18)21-11-10-19-7-5-6-8-20(19)16-21;1-15-5-8-17(9-6-15)18-10-12-20-19-11-7-16(2)13-21(19)23(3,4)22(20)14-18;1-2-3-4/h4-16H,1-3H3;5-17H,4H2,1-3H3;5,7-15H,6H2,1-4H3;2,4H,1,3H2. The number of hydrogen-bond donors (Lipinski definition) is 1. The predicted molar refractivity (Wildman–Crippen MR) is 355 cm³/mol. The van der Waals surface area contributed by atoms with E-state index in [2.05, 4.69) is 276 Å². The Morgan fingerprint density at radius 1 is 0.470 bits per heavy atom. The average molecular weight is 1080 g/mol. The number of benzene rings is 10. The van der Waals surface area contributed by atoms with Gasteiger partial charge in [0, 0.05) is 27.0 Å². The van der Waals surface area contributed by atoms with Gasteiger partial charge in [-0.1, -0.05) is 242 Å². The molecule has 0 radical (unpaired) electrons. The van der Waals surface area contributed by atoms with Gasteiger partial charge in [0.1, 0.15) is 11.2 Å². The first-order valence-electron chi connectivity index (χ1n) is 29.8. The molecule has 1 unspecified atom stereocenters. The second kappa shape index (κ2) is 21.6. The van der Waals surface area contributed by atoms with Crippen LogP contribution in [0.3, 0.4) is 0 Å². The van der Waals surface area contributed by atoms with E-state index in [1.807, 2.05) is 12.1 Å². The highest BCUT2D eigenvalue weighted by Gasteiger charge is 2.38. The van der Waals surface area contributed by atoms with E-state index in [-0.39, 0.29) is 22.9 Å². The predicted octanol–water partition coefficient (Wildman–Crippen LogP) is 21.7. The topological polar surface area (TPSA) is 33.4 Å². The van der Waals surface area contributed by atoms with Crippen molar-refractivity contribution in [2.75, 3.05) is 6.61 Å². The van der Waals surface area contributed by atoms with Crippen LogP contribution in [0.15, 0.2) is 229 Å². The minimum absolute atomic E-state index is 0.0130. The molecule has 1 atom stereocenters. The summed E-state index contributed by atoms with van der Waals surface area (Å²) in [7, 11) is 0. The molecule has 0 aliphatic heterocycles. The molecule has 15 rings (SSSR count). The van der Waals surface area contributed by atoms with Crippen LogP contribution in [0.4, 0.5) is 0 Å². The second-order valence-corrected chi connectivity index (χ2v) is 25.1. The molecule has 0 saturated carbocycles. The van der Waals surface area contributed by atoms with Gasteiger partial charge < -0.3 is 9.52 Å². The summed E-state index contributed by atoms with van der Waals surface area (Å²) in [6.07, 6.45) is 10.7. The van der Waals surface area contributed by atoms with Crippen LogP contribution < -0.4 is 0 Å². The Balaban J connectivity index is 0.000000120. The molecule has 0 bridgehead atoms. The van der Waals surface area contributed by atoms with E-state index in [4.69, 9.17) is 9.52 Å². The molecule has 0 spiro atoms. The van der Waals surface area contributed by atoms with E-state index < -0.39 is 0 Å². The van der Waals surface area contributed by atoms with Crippen LogP contribution in [0.25, 0.3) is 93.9 Å². The normalized spacial score (nSPS) is 15.7. The van der Waals surface area contributed by atoms with Gasteiger partial charge >= 0.3 is 0 Å². The van der Waals surface area contributed by atoms with Gasteiger partial charge in [-0.3, -0.25) is 0 Å². The van der Waals surface area contributed by atoms with E-state index in [0.717, 1.165) is 24.0 Å². The first-order valence-corrected chi connectivity index (χ1v) is 29.8. The zero-order chi connectivity index (χ0) is 58.0. The fourth-order valence-electron chi connectivity index (χ4n) is 13.5. The first kappa shape index (κ1) is 55.0. The first-order chi connectivity index (χ1) is 40.0. The van der Waals surface area contributed by atoms with Gasteiger partial charge in [0.05, 0.1) is 6.61 Å². The van der Waals surface area contributed by atoms with Gasteiger partial charge in [0.25, 0.3) is 0 Å². The summed E-state index contributed by atoms with van der Waals surface area (Å²) in [4.78, 5) is 0. The number of aliphatic hydroxyl groups is 1. The van der Waals surface area contributed by atoms with Crippen molar-refractivity contribution >= 4 is 38.3 Å². The molecule has 0 saturated heterocycles. The van der Waals surface area contributed by atoms with Crippen molar-refractivity contribution in [1.82, 2.24) is 0 Å². The minimum atomic E-state index is 0.0130. The lowest BCUT2D eigenvalue weighted by molar-refractivity contribution is 0.343. The number of rotatable bonds is 5. The number of allylic oxidation sites excluding steroid dienone is 4. The number of fused-ring (bicyclic) bond motifs is 13. The molecule has 4 aliphatic carbocycles. The van der Waals surface area contributed by atoms with Gasteiger partial charge in [-0.2, -0.15) is 0 Å². The zero-order valence-corrected chi connectivity index (χ0v) is 50.0. The maximum atomic E-state index is 7.76. The van der Waals surface area contributed by atoms with Crippen LogP contribution >= 0.6 is 0 Å². The molecule has 83 heavy (non-hydrogen) atoms. The lowest BCUT2D eigenvalue weighted by atomic mass is 9.81. The molecular formula is C81H76O2. The van der Waals surface area contributed by atoms with Gasteiger partial charge in [0.2, 0.25) is 0 Å². The quantitative estimate of drug-likeness (QED) is 0.174. The SMILES string of the molecule is C=CCO.CCc1ccc2c(c1)C(C)(C)c1cc(-c3ccc4ccccc4c3)ccc1-2.Cc1ccc2c(c1)C(C)(C)c1cc(-c3ccc4oc5ccccc5c4c3)ccc1-2.Cc1ccc2c(c1)C(C)(C)c1cc(C3=CCC(C)C=C3)ccc1-2. The van der Waals surface area contributed by atoms with Crippen LogP contribution in [-0.2, 0) is 22.7 Å². The van der Waals surface area contributed by atoms with Crippen molar-refractivity contribution in [1.29, 1.82) is 0 Å². The Labute approximate surface area is 492 Å². The van der Waals surface area contributed by atoms with Crippen molar-refractivity contribution in [2.24, 2.45) is 5.92 Å². The Kier molecular flexibility index (Phi) is 14.3. The third kappa shape index (κ3) is 9.91. The number of aliphatic hydroxyl groups excluding tert-OH is 1. The summed E-state index contributed by atoms with van der Waals surface area (Å²) in [5.74, 6) is 0.664. The molecule has 1 heterocycles. The molecule has 0 fully saturated rings. The van der Waals surface area contributed by atoms with Crippen molar-refractivity contribution in [3.63, 3.8) is 0 Å².